The molecule has 0 atom stereocenters. The van der Waals surface area contributed by atoms with Crippen molar-refractivity contribution in [3.05, 3.63) is 0 Å². The lowest BCUT2D eigenvalue weighted by molar-refractivity contribution is -0.126. The Kier molecular flexibility index (Phi) is 4.13. The molecule has 1 saturated heterocycles. The molecule has 3 nitrogen and oxygen atoms in total. The maximum Gasteiger partial charge on any atom is 0.139 e. The van der Waals surface area contributed by atoms with Crippen LogP contribution in [0.4, 0.5) is 0 Å². The Morgan fingerprint density at radius 2 is 1.81 bits per heavy atom. The smallest absolute Gasteiger partial charge is 0.139 e. The van der Waals surface area contributed by atoms with E-state index in [1.54, 1.807) is 0 Å². The predicted molar refractivity (Wildman–Crippen MR) is 65.4 cm³/mol. The SMILES string of the molecule is CC1(O)CCN(CCC(=O)C(C)(C)C)CC1. The molecule has 0 amide bonds. The molecule has 0 unspecified atom stereocenters. The molecule has 1 rings (SSSR count). The van der Waals surface area contributed by atoms with Crippen molar-refractivity contribution in [2.24, 2.45) is 5.41 Å². The van der Waals surface area contributed by atoms with Gasteiger partial charge in [0.2, 0.25) is 0 Å². The number of nitrogens with zero attached hydrogens (tertiary/aromatic N) is 1. The van der Waals surface area contributed by atoms with Crippen molar-refractivity contribution in [1.82, 2.24) is 4.90 Å². The fourth-order valence-electron chi connectivity index (χ4n) is 1.89. The van der Waals surface area contributed by atoms with Gasteiger partial charge in [-0.05, 0) is 19.8 Å². The second-order valence-electron chi connectivity index (χ2n) is 6.26. The number of piperidine rings is 1. The summed E-state index contributed by atoms with van der Waals surface area (Å²) in [7, 11) is 0. The Balaban J connectivity index is 2.28. The lowest BCUT2D eigenvalue weighted by Crippen LogP contribution is -2.43. The Hall–Kier alpha value is -0.410. The van der Waals surface area contributed by atoms with E-state index in [1.807, 2.05) is 27.7 Å². The highest BCUT2D eigenvalue weighted by Gasteiger charge is 2.28. The van der Waals surface area contributed by atoms with Crippen molar-refractivity contribution in [2.45, 2.75) is 52.6 Å². The minimum absolute atomic E-state index is 0.221. The summed E-state index contributed by atoms with van der Waals surface area (Å²) in [6.45, 7) is 10.5. The molecule has 0 aromatic heterocycles. The van der Waals surface area contributed by atoms with Gasteiger partial charge in [-0.2, -0.15) is 0 Å². The zero-order valence-electron chi connectivity index (χ0n) is 11.0. The van der Waals surface area contributed by atoms with Crippen molar-refractivity contribution in [3.8, 4) is 0 Å². The van der Waals surface area contributed by atoms with Crippen molar-refractivity contribution >= 4 is 5.78 Å². The summed E-state index contributed by atoms with van der Waals surface area (Å²) in [6, 6.07) is 0. The molecule has 0 aromatic rings. The Labute approximate surface area is 98.8 Å². The molecule has 0 radical (unpaired) electrons. The molecule has 0 bridgehead atoms. The van der Waals surface area contributed by atoms with Gasteiger partial charge >= 0.3 is 0 Å². The first-order chi connectivity index (χ1) is 7.21. The van der Waals surface area contributed by atoms with Gasteiger partial charge in [0.15, 0.2) is 0 Å². The van der Waals surface area contributed by atoms with E-state index in [0.717, 1.165) is 32.5 Å². The van der Waals surface area contributed by atoms with Crippen molar-refractivity contribution in [2.75, 3.05) is 19.6 Å². The lowest BCUT2D eigenvalue weighted by Gasteiger charge is -2.35. The highest BCUT2D eigenvalue weighted by Crippen LogP contribution is 2.22. The van der Waals surface area contributed by atoms with Crippen LogP contribution in [0.1, 0.15) is 47.0 Å². The van der Waals surface area contributed by atoms with Crippen LogP contribution in [0.5, 0.6) is 0 Å². The molecule has 1 aliphatic rings. The summed E-state index contributed by atoms with van der Waals surface area (Å²) >= 11 is 0. The lowest BCUT2D eigenvalue weighted by atomic mass is 9.88. The van der Waals surface area contributed by atoms with E-state index < -0.39 is 5.60 Å². The minimum Gasteiger partial charge on any atom is -0.390 e. The number of ketones is 1. The number of likely N-dealkylation sites (tertiary alicyclic amines) is 1. The molecule has 94 valence electrons. The Morgan fingerprint density at radius 1 is 1.31 bits per heavy atom. The van der Waals surface area contributed by atoms with Gasteiger partial charge in [-0.1, -0.05) is 20.8 Å². The number of carbonyl (C=O) groups excluding carboxylic acids is 1. The van der Waals surface area contributed by atoms with E-state index in [2.05, 4.69) is 4.90 Å². The van der Waals surface area contributed by atoms with E-state index in [9.17, 15) is 9.90 Å². The number of aliphatic hydroxyl groups is 1. The fourth-order valence-corrected chi connectivity index (χ4v) is 1.89. The quantitative estimate of drug-likeness (QED) is 0.800. The molecular weight excluding hydrogens is 202 g/mol. The number of carbonyl (C=O) groups is 1. The van der Waals surface area contributed by atoms with Gasteiger partial charge < -0.3 is 10.0 Å². The largest absolute Gasteiger partial charge is 0.390 e. The van der Waals surface area contributed by atoms with Crippen molar-refractivity contribution < 1.29 is 9.90 Å². The first kappa shape index (κ1) is 13.7. The number of hydrogen-bond donors (Lipinski definition) is 1. The predicted octanol–water partition coefficient (Wildman–Crippen LogP) is 1.84. The molecule has 1 fully saturated rings. The zero-order chi connectivity index (χ0) is 12.4. The average Bonchev–Trinajstić information content (AvgIpc) is 2.14. The molecule has 0 aromatic carbocycles. The van der Waals surface area contributed by atoms with E-state index in [4.69, 9.17) is 0 Å². The van der Waals surface area contributed by atoms with Crippen LogP contribution in [-0.2, 0) is 4.79 Å². The fraction of sp³-hybridized carbons (Fsp3) is 0.923. The number of rotatable bonds is 3. The van der Waals surface area contributed by atoms with Crippen LogP contribution in [0.15, 0.2) is 0 Å². The van der Waals surface area contributed by atoms with Gasteiger partial charge in [-0.3, -0.25) is 4.79 Å². The third-order valence-corrected chi connectivity index (χ3v) is 3.42. The van der Waals surface area contributed by atoms with E-state index in [1.165, 1.54) is 0 Å². The standard InChI is InChI=1S/C13H25NO2/c1-12(2,3)11(15)5-8-14-9-6-13(4,16)7-10-14/h16H,5-10H2,1-4H3. The third-order valence-electron chi connectivity index (χ3n) is 3.42. The second-order valence-corrected chi connectivity index (χ2v) is 6.26. The molecule has 1 aliphatic heterocycles. The monoisotopic (exact) mass is 227 g/mol. The average molecular weight is 227 g/mol. The van der Waals surface area contributed by atoms with Gasteiger partial charge in [-0.25, -0.2) is 0 Å². The first-order valence-electron chi connectivity index (χ1n) is 6.19. The van der Waals surface area contributed by atoms with Crippen molar-refractivity contribution in [3.63, 3.8) is 0 Å². The van der Waals surface area contributed by atoms with Crippen molar-refractivity contribution in [1.29, 1.82) is 0 Å². The van der Waals surface area contributed by atoms with Crippen LogP contribution in [-0.4, -0.2) is 41.0 Å². The molecule has 1 N–H and O–H groups in total. The van der Waals surface area contributed by atoms with Crippen LogP contribution in [0.25, 0.3) is 0 Å². The maximum absolute atomic E-state index is 11.8. The molecule has 1 heterocycles. The summed E-state index contributed by atoms with van der Waals surface area (Å²) in [5.41, 5.74) is -0.716. The zero-order valence-corrected chi connectivity index (χ0v) is 11.0. The highest BCUT2D eigenvalue weighted by atomic mass is 16.3. The van der Waals surface area contributed by atoms with Crippen LogP contribution < -0.4 is 0 Å². The second kappa shape index (κ2) is 4.84. The van der Waals surface area contributed by atoms with E-state index in [-0.39, 0.29) is 5.41 Å². The van der Waals surface area contributed by atoms with Gasteiger partial charge in [0.25, 0.3) is 0 Å². The summed E-state index contributed by atoms with van der Waals surface area (Å²) in [4.78, 5) is 14.0. The molecule has 16 heavy (non-hydrogen) atoms. The highest BCUT2D eigenvalue weighted by molar-refractivity contribution is 5.83. The normalized spacial score (nSPS) is 22.1. The van der Waals surface area contributed by atoms with Gasteiger partial charge in [0.05, 0.1) is 5.60 Å². The Bertz CT molecular complexity index is 243. The van der Waals surface area contributed by atoms with Gasteiger partial charge in [-0.15, -0.1) is 0 Å². The summed E-state index contributed by atoms with van der Waals surface area (Å²) in [6.07, 6.45) is 2.26. The molecule has 0 spiro atoms. The van der Waals surface area contributed by atoms with Gasteiger partial charge in [0.1, 0.15) is 5.78 Å². The summed E-state index contributed by atoms with van der Waals surface area (Å²) < 4.78 is 0. The minimum atomic E-state index is -0.495. The molecular formula is C13H25NO2. The number of hydrogen-bond acceptors (Lipinski definition) is 3. The van der Waals surface area contributed by atoms with Crippen LogP contribution in [0, 0.1) is 5.41 Å². The maximum atomic E-state index is 11.8. The van der Waals surface area contributed by atoms with Gasteiger partial charge in [0, 0.05) is 31.5 Å². The third kappa shape index (κ3) is 4.22. The first-order valence-corrected chi connectivity index (χ1v) is 6.19. The summed E-state index contributed by atoms with van der Waals surface area (Å²) in [5, 5.41) is 9.81. The molecule has 3 heteroatoms. The van der Waals surface area contributed by atoms with E-state index >= 15 is 0 Å². The number of Topliss-reactive ketones (excluding diaryl/α,β-unsaturated/α-hetero) is 1. The topological polar surface area (TPSA) is 40.5 Å². The van der Waals surface area contributed by atoms with Crippen LogP contribution in [0.2, 0.25) is 0 Å². The molecule has 0 aliphatic carbocycles. The van der Waals surface area contributed by atoms with Crippen LogP contribution >= 0.6 is 0 Å². The molecule has 0 saturated carbocycles. The van der Waals surface area contributed by atoms with E-state index in [0.29, 0.717) is 12.2 Å². The Morgan fingerprint density at radius 3 is 2.25 bits per heavy atom. The summed E-state index contributed by atoms with van der Waals surface area (Å²) in [5.74, 6) is 0.324. The van der Waals surface area contributed by atoms with Crippen LogP contribution in [0.3, 0.4) is 0 Å².